The van der Waals surface area contributed by atoms with Crippen molar-refractivity contribution in [2.45, 2.75) is 4.90 Å². The average molecular weight is 304 g/mol. The lowest BCUT2D eigenvalue weighted by molar-refractivity contribution is 0.0697. The van der Waals surface area contributed by atoms with Gasteiger partial charge in [-0.15, -0.1) is 0 Å². The highest BCUT2D eigenvalue weighted by atomic mass is 32.2. The van der Waals surface area contributed by atoms with Crippen LogP contribution in [0.2, 0.25) is 0 Å². The summed E-state index contributed by atoms with van der Waals surface area (Å²) in [7, 11) is -3.83. The van der Waals surface area contributed by atoms with Crippen LogP contribution in [0.5, 0.6) is 0 Å². The van der Waals surface area contributed by atoms with Crippen molar-refractivity contribution in [3.8, 4) is 0 Å². The fraction of sp³-hybridized carbons (Fsp3) is 0.364. The lowest BCUT2D eigenvalue weighted by atomic mass is 10.2. The van der Waals surface area contributed by atoms with Crippen LogP contribution in [0.1, 0.15) is 10.4 Å². The van der Waals surface area contributed by atoms with Gasteiger partial charge >= 0.3 is 5.97 Å². The summed E-state index contributed by atoms with van der Waals surface area (Å²) in [6.07, 6.45) is 0. The molecule has 0 bridgehead atoms. The zero-order valence-electron chi connectivity index (χ0n) is 10.6. The Balaban J connectivity index is 2.75. The van der Waals surface area contributed by atoms with Crippen molar-refractivity contribution in [2.24, 2.45) is 0 Å². The molecule has 0 aromatic heterocycles. The molecule has 5 N–H and O–H groups in total. The predicted octanol–water partition coefficient (Wildman–Crippen LogP) is -0.746. The van der Waals surface area contributed by atoms with Crippen molar-refractivity contribution in [1.29, 1.82) is 0 Å². The van der Waals surface area contributed by atoms with Gasteiger partial charge in [0.15, 0.2) is 0 Å². The maximum Gasteiger partial charge on any atom is 0.335 e. The first-order valence-corrected chi connectivity index (χ1v) is 7.18. The van der Waals surface area contributed by atoms with Crippen molar-refractivity contribution in [3.63, 3.8) is 0 Å². The third-order valence-electron chi connectivity index (χ3n) is 2.32. The lowest BCUT2D eigenvalue weighted by Gasteiger charge is -2.09. The molecular weight excluding hydrogens is 288 g/mol. The van der Waals surface area contributed by atoms with Crippen molar-refractivity contribution >= 4 is 21.7 Å². The predicted molar refractivity (Wildman–Crippen MR) is 70.9 cm³/mol. The van der Waals surface area contributed by atoms with E-state index in [0.717, 1.165) is 18.2 Å². The van der Waals surface area contributed by atoms with E-state index in [2.05, 4.69) is 4.72 Å². The van der Waals surface area contributed by atoms with E-state index in [1.54, 1.807) is 0 Å². The molecule has 0 spiro atoms. The van der Waals surface area contributed by atoms with Crippen LogP contribution in [0.4, 0.5) is 5.69 Å². The smallest absolute Gasteiger partial charge is 0.335 e. The summed E-state index contributed by atoms with van der Waals surface area (Å²) in [5.41, 5.74) is 5.32. The van der Waals surface area contributed by atoms with Gasteiger partial charge in [-0.25, -0.2) is 17.9 Å². The van der Waals surface area contributed by atoms with Gasteiger partial charge < -0.3 is 20.7 Å². The van der Waals surface area contributed by atoms with Gasteiger partial charge in [0, 0.05) is 6.54 Å². The quantitative estimate of drug-likeness (QED) is 0.366. The zero-order valence-corrected chi connectivity index (χ0v) is 11.4. The van der Waals surface area contributed by atoms with Crippen molar-refractivity contribution in [3.05, 3.63) is 23.8 Å². The molecule has 1 rings (SSSR count). The molecule has 0 atom stereocenters. The Morgan fingerprint density at radius 3 is 2.60 bits per heavy atom. The molecule has 0 aliphatic rings. The second-order valence-corrected chi connectivity index (χ2v) is 5.53. The third kappa shape index (κ3) is 4.46. The number of aliphatic hydroxyl groups excluding tert-OH is 1. The summed E-state index contributed by atoms with van der Waals surface area (Å²) >= 11 is 0. The molecule has 0 heterocycles. The van der Waals surface area contributed by atoms with E-state index < -0.39 is 16.0 Å². The number of carboxylic acids is 1. The van der Waals surface area contributed by atoms with E-state index in [9.17, 15) is 13.2 Å². The third-order valence-corrected chi connectivity index (χ3v) is 3.86. The fourth-order valence-corrected chi connectivity index (χ4v) is 2.54. The summed E-state index contributed by atoms with van der Waals surface area (Å²) in [5.74, 6) is -1.19. The Morgan fingerprint density at radius 2 is 2.05 bits per heavy atom. The molecule has 8 nitrogen and oxygen atoms in total. The lowest BCUT2D eigenvalue weighted by Crippen LogP contribution is -2.28. The number of carboxylic acid groups (broad SMARTS) is 1. The molecule has 0 aliphatic carbocycles. The minimum atomic E-state index is -3.83. The minimum absolute atomic E-state index is 0.0163. The summed E-state index contributed by atoms with van der Waals surface area (Å²) in [6.45, 7) is 0.100. The van der Waals surface area contributed by atoms with Gasteiger partial charge in [-0.05, 0) is 18.2 Å². The molecule has 20 heavy (non-hydrogen) atoms. The highest BCUT2D eigenvalue weighted by Gasteiger charge is 2.18. The zero-order chi connectivity index (χ0) is 15.2. The molecular formula is C11H16N2O6S. The molecule has 0 aliphatic heterocycles. The molecule has 0 amide bonds. The van der Waals surface area contributed by atoms with E-state index in [1.165, 1.54) is 0 Å². The number of aromatic carboxylic acids is 1. The Hall–Kier alpha value is -1.68. The van der Waals surface area contributed by atoms with Crippen LogP contribution in [0.3, 0.4) is 0 Å². The summed E-state index contributed by atoms with van der Waals surface area (Å²) in [4.78, 5) is 10.5. The molecule has 9 heteroatoms. The number of nitrogens with two attached hydrogens (primary N) is 1. The number of hydrogen-bond donors (Lipinski definition) is 4. The molecule has 0 fully saturated rings. The second kappa shape index (κ2) is 7.20. The normalized spacial score (nSPS) is 11.4. The summed E-state index contributed by atoms with van der Waals surface area (Å²) in [5, 5.41) is 17.3. The Morgan fingerprint density at radius 1 is 1.35 bits per heavy atom. The largest absolute Gasteiger partial charge is 0.478 e. The van der Waals surface area contributed by atoms with E-state index in [-0.39, 0.29) is 42.5 Å². The first kappa shape index (κ1) is 16.4. The van der Waals surface area contributed by atoms with Gasteiger partial charge in [0.25, 0.3) is 0 Å². The molecule has 1 aromatic carbocycles. The van der Waals surface area contributed by atoms with Crippen molar-refractivity contribution < 1.29 is 28.2 Å². The van der Waals surface area contributed by atoms with Gasteiger partial charge in [-0.3, -0.25) is 0 Å². The van der Waals surface area contributed by atoms with Crippen LogP contribution < -0.4 is 10.5 Å². The first-order chi connectivity index (χ1) is 9.38. The van der Waals surface area contributed by atoms with E-state index >= 15 is 0 Å². The molecule has 112 valence electrons. The number of carbonyl (C=O) groups is 1. The summed E-state index contributed by atoms with van der Waals surface area (Å²) in [6, 6.07) is 3.38. The van der Waals surface area contributed by atoms with Crippen molar-refractivity contribution in [2.75, 3.05) is 32.1 Å². The van der Waals surface area contributed by atoms with Crippen LogP contribution in [0, 0.1) is 0 Å². The first-order valence-electron chi connectivity index (χ1n) is 5.69. The van der Waals surface area contributed by atoms with E-state index in [1.807, 2.05) is 0 Å². The fourth-order valence-electron chi connectivity index (χ4n) is 1.42. The molecule has 0 saturated carbocycles. The van der Waals surface area contributed by atoms with Crippen LogP contribution in [-0.2, 0) is 14.8 Å². The highest BCUT2D eigenvalue weighted by molar-refractivity contribution is 7.89. The standard InChI is InChI=1S/C11H16N2O6S/c12-9-7-8(11(15)16)1-2-10(9)20(17,18)13-3-5-19-6-4-14/h1-2,7,13-14H,3-6,12H2,(H,15,16). The van der Waals surface area contributed by atoms with E-state index in [0.29, 0.717) is 0 Å². The average Bonchev–Trinajstić information content (AvgIpc) is 2.37. The van der Waals surface area contributed by atoms with Gasteiger partial charge in [-0.2, -0.15) is 0 Å². The topological polar surface area (TPSA) is 139 Å². The van der Waals surface area contributed by atoms with Crippen LogP contribution in [0.25, 0.3) is 0 Å². The number of aliphatic hydroxyl groups is 1. The molecule has 0 saturated heterocycles. The van der Waals surface area contributed by atoms with Crippen molar-refractivity contribution in [1.82, 2.24) is 4.72 Å². The molecule has 1 aromatic rings. The number of nitrogens with one attached hydrogen (secondary N) is 1. The van der Waals surface area contributed by atoms with E-state index in [4.69, 9.17) is 20.7 Å². The molecule has 0 unspecified atom stereocenters. The Labute approximate surface area is 116 Å². The Kier molecular flexibility index (Phi) is 5.89. The molecule has 0 radical (unpaired) electrons. The number of rotatable bonds is 8. The van der Waals surface area contributed by atoms with Crippen LogP contribution in [-0.4, -0.2) is 51.0 Å². The SMILES string of the molecule is Nc1cc(C(=O)O)ccc1S(=O)(=O)NCCOCCO. The number of benzene rings is 1. The number of anilines is 1. The number of hydrogen-bond acceptors (Lipinski definition) is 6. The minimum Gasteiger partial charge on any atom is -0.478 e. The maximum atomic E-state index is 11.9. The number of sulfonamides is 1. The van der Waals surface area contributed by atoms with Gasteiger partial charge in [0.2, 0.25) is 10.0 Å². The van der Waals surface area contributed by atoms with Gasteiger partial charge in [0.05, 0.1) is 31.1 Å². The number of ether oxygens (including phenoxy) is 1. The van der Waals surface area contributed by atoms with Gasteiger partial charge in [-0.1, -0.05) is 0 Å². The highest BCUT2D eigenvalue weighted by Crippen LogP contribution is 2.19. The van der Waals surface area contributed by atoms with Crippen LogP contribution >= 0.6 is 0 Å². The van der Waals surface area contributed by atoms with Crippen LogP contribution in [0.15, 0.2) is 23.1 Å². The Bertz CT molecular complexity index is 572. The summed E-state index contributed by atoms with van der Waals surface area (Å²) < 4.78 is 31.0. The maximum absolute atomic E-state index is 11.9. The monoisotopic (exact) mass is 304 g/mol. The number of nitrogen functional groups attached to an aromatic ring is 1. The second-order valence-electron chi connectivity index (χ2n) is 3.79. The van der Waals surface area contributed by atoms with Gasteiger partial charge in [0.1, 0.15) is 4.90 Å².